The standard InChI is InChI=1S/C24H16OS2Se/c25-27(17-9-3-1-4-10-17)21-15-7-13-19-23(21)24-20(26-19)14-8-16-22(24)28-18-11-5-2-6-12-18/h1-16H. The van der Waals surface area contributed by atoms with Crippen LogP contribution in [0.15, 0.2) is 107 Å². The number of hydrogen-bond acceptors (Lipinski definition) is 2. The van der Waals surface area contributed by atoms with Gasteiger partial charge in [-0.1, -0.05) is 0 Å². The van der Waals surface area contributed by atoms with Crippen molar-refractivity contribution in [3.05, 3.63) is 97.1 Å². The van der Waals surface area contributed by atoms with Gasteiger partial charge in [0.1, 0.15) is 0 Å². The van der Waals surface area contributed by atoms with Crippen LogP contribution in [-0.2, 0) is 10.8 Å². The van der Waals surface area contributed by atoms with Gasteiger partial charge in [0, 0.05) is 0 Å². The third-order valence-corrected chi connectivity index (χ3v) is 9.37. The monoisotopic (exact) mass is 464 g/mol. The predicted molar refractivity (Wildman–Crippen MR) is 122 cm³/mol. The van der Waals surface area contributed by atoms with Gasteiger partial charge in [-0.15, -0.1) is 0 Å². The van der Waals surface area contributed by atoms with E-state index in [2.05, 4.69) is 54.6 Å². The minimum absolute atomic E-state index is 0.204. The van der Waals surface area contributed by atoms with Crippen molar-refractivity contribution in [2.45, 2.75) is 9.79 Å². The Bertz CT molecular complexity index is 1290. The summed E-state index contributed by atoms with van der Waals surface area (Å²) in [6.45, 7) is 0. The van der Waals surface area contributed by atoms with Crippen LogP contribution in [0.4, 0.5) is 0 Å². The van der Waals surface area contributed by atoms with E-state index in [1.54, 1.807) is 11.3 Å². The summed E-state index contributed by atoms with van der Waals surface area (Å²) in [5.74, 6) is 0. The molecule has 1 unspecified atom stereocenters. The first-order valence-corrected chi connectivity index (χ1v) is 12.6. The molecule has 0 bridgehead atoms. The Hall–Kier alpha value is -2.23. The molecule has 1 aromatic heterocycles. The number of benzene rings is 4. The van der Waals surface area contributed by atoms with E-state index in [4.69, 9.17) is 0 Å². The van der Waals surface area contributed by atoms with Crippen molar-refractivity contribution in [2.75, 3.05) is 0 Å². The molecule has 0 fully saturated rings. The Morgan fingerprint density at radius 2 is 1.29 bits per heavy atom. The fourth-order valence-electron chi connectivity index (χ4n) is 3.33. The minimum atomic E-state index is -1.20. The first-order chi connectivity index (χ1) is 13.8. The average Bonchev–Trinajstić information content (AvgIpc) is 3.14. The second-order valence-corrected chi connectivity index (χ2v) is 11.2. The Balaban J connectivity index is 1.75. The Morgan fingerprint density at radius 3 is 2.04 bits per heavy atom. The van der Waals surface area contributed by atoms with Crippen molar-refractivity contribution < 1.29 is 4.21 Å². The SMILES string of the molecule is O=S(c1ccccc1)c1cccc2sc3cccc([Se]c4ccccc4)c3c12. The third-order valence-electron chi connectivity index (χ3n) is 4.57. The van der Waals surface area contributed by atoms with Crippen molar-refractivity contribution >= 4 is 66.2 Å². The molecule has 0 aliphatic rings. The zero-order valence-corrected chi connectivity index (χ0v) is 18.2. The topological polar surface area (TPSA) is 17.1 Å². The van der Waals surface area contributed by atoms with Gasteiger partial charge >= 0.3 is 177 Å². The Kier molecular flexibility index (Phi) is 4.87. The van der Waals surface area contributed by atoms with Crippen LogP contribution in [0, 0.1) is 0 Å². The van der Waals surface area contributed by atoms with Crippen molar-refractivity contribution in [3.8, 4) is 0 Å². The molecule has 0 radical (unpaired) electrons. The number of thiophene rings is 1. The first kappa shape index (κ1) is 17.8. The summed E-state index contributed by atoms with van der Waals surface area (Å²) in [6, 6.07) is 33.1. The zero-order valence-electron chi connectivity index (χ0n) is 14.9. The summed E-state index contributed by atoms with van der Waals surface area (Å²) in [7, 11) is -1.20. The molecule has 0 aliphatic carbocycles. The number of fused-ring (bicyclic) bond motifs is 3. The summed E-state index contributed by atoms with van der Waals surface area (Å²) in [6.07, 6.45) is 0. The molecule has 0 N–H and O–H groups in total. The Labute approximate surface area is 176 Å². The van der Waals surface area contributed by atoms with Crippen molar-refractivity contribution in [3.63, 3.8) is 0 Å². The maximum atomic E-state index is 13.4. The summed E-state index contributed by atoms with van der Waals surface area (Å²) in [5.41, 5.74) is 0. The van der Waals surface area contributed by atoms with Crippen molar-refractivity contribution in [2.24, 2.45) is 0 Å². The van der Waals surface area contributed by atoms with Gasteiger partial charge < -0.3 is 0 Å². The summed E-state index contributed by atoms with van der Waals surface area (Å²) in [4.78, 5) is 1.76. The molecule has 28 heavy (non-hydrogen) atoms. The van der Waals surface area contributed by atoms with Crippen LogP contribution >= 0.6 is 11.3 Å². The zero-order chi connectivity index (χ0) is 18.9. The van der Waals surface area contributed by atoms with Crippen LogP contribution in [-0.4, -0.2) is 19.2 Å². The van der Waals surface area contributed by atoms with E-state index < -0.39 is 10.8 Å². The molecule has 1 nitrogen and oxygen atoms in total. The Morgan fingerprint density at radius 1 is 0.643 bits per heavy atom. The van der Waals surface area contributed by atoms with Gasteiger partial charge in [0.2, 0.25) is 0 Å². The van der Waals surface area contributed by atoms with Crippen LogP contribution in [0.25, 0.3) is 20.2 Å². The normalized spacial score (nSPS) is 12.4. The summed E-state index contributed by atoms with van der Waals surface area (Å²) in [5, 5.41) is 2.42. The molecule has 0 saturated carbocycles. The first-order valence-electron chi connectivity index (χ1n) is 8.95. The van der Waals surface area contributed by atoms with Crippen molar-refractivity contribution in [1.82, 2.24) is 0 Å². The molecule has 1 heterocycles. The molecule has 5 aromatic rings. The van der Waals surface area contributed by atoms with Gasteiger partial charge in [0.15, 0.2) is 0 Å². The molecule has 0 spiro atoms. The number of hydrogen-bond donors (Lipinski definition) is 0. The van der Waals surface area contributed by atoms with Gasteiger partial charge in [-0.05, 0) is 0 Å². The third kappa shape index (κ3) is 3.23. The summed E-state index contributed by atoms with van der Waals surface area (Å²) < 4.78 is 18.6. The van der Waals surface area contributed by atoms with Gasteiger partial charge in [-0.25, -0.2) is 0 Å². The fourth-order valence-corrected chi connectivity index (χ4v) is 8.07. The average molecular weight is 463 g/mol. The molecule has 0 saturated heterocycles. The second-order valence-electron chi connectivity index (χ2n) is 6.36. The van der Waals surface area contributed by atoms with Crippen LogP contribution in [0.1, 0.15) is 0 Å². The van der Waals surface area contributed by atoms with E-state index in [9.17, 15) is 4.21 Å². The van der Waals surface area contributed by atoms with E-state index in [1.807, 2.05) is 42.5 Å². The van der Waals surface area contributed by atoms with E-state index in [-0.39, 0.29) is 15.0 Å². The molecule has 4 aromatic carbocycles. The molecular weight excluding hydrogens is 447 g/mol. The molecule has 0 aliphatic heterocycles. The molecule has 4 heteroatoms. The van der Waals surface area contributed by atoms with Gasteiger partial charge in [-0.3, -0.25) is 0 Å². The second kappa shape index (κ2) is 7.65. The summed E-state index contributed by atoms with van der Waals surface area (Å²) >= 11 is 1.99. The van der Waals surface area contributed by atoms with Gasteiger partial charge in [0.25, 0.3) is 0 Å². The van der Waals surface area contributed by atoms with E-state index in [0.717, 1.165) is 15.2 Å². The van der Waals surface area contributed by atoms with Crippen LogP contribution < -0.4 is 8.92 Å². The molecule has 5 rings (SSSR count). The molecule has 1 atom stereocenters. The van der Waals surface area contributed by atoms with Crippen molar-refractivity contribution in [1.29, 1.82) is 0 Å². The molecule has 0 amide bonds. The quantitative estimate of drug-likeness (QED) is 0.348. The van der Waals surface area contributed by atoms with Gasteiger partial charge in [0.05, 0.1) is 0 Å². The van der Waals surface area contributed by atoms with E-state index in [0.29, 0.717) is 0 Å². The van der Waals surface area contributed by atoms with Crippen LogP contribution in [0.3, 0.4) is 0 Å². The van der Waals surface area contributed by atoms with E-state index >= 15 is 0 Å². The van der Waals surface area contributed by atoms with Crippen LogP contribution in [0.2, 0.25) is 0 Å². The predicted octanol–water partition coefficient (Wildman–Crippen LogP) is 4.88. The maximum absolute atomic E-state index is 13.4. The molecular formula is C24H16OS2Se. The molecule has 136 valence electrons. The fraction of sp³-hybridized carbons (Fsp3) is 0. The van der Waals surface area contributed by atoms with Crippen LogP contribution in [0.5, 0.6) is 0 Å². The van der Waals surface area contributed by atoms with E-state index in [1.165, 1.54) is 23.7 Å². The number of rotatable bonds is 4. The van der Waals surface area contributed by atoms with Gasteiger partial charge in [-0.2, -0.15) is 0 Å².